The van der Waals surface area contributed by atoms with Crippen LogP contribution in [-0.4, -0.2) is 21.9 Å². The number of hydrogen-bond donors (Lipinski definition) is 1. The number of thiophene rings is 1. The van der Waals surface area contributed by atoms with E-state index in [1.807, 2.05) is 20.8 Å². The molecule has 0 amide bonds. The van der Waals surface area contributed by atoms with Gasteiger partial charge in [-0.2, -0.15) is 4.98 Å². The van der Waals surface area contributed by atoms with Gasteiger partial charge < -0.3 is 14.4 Å². The van der Waals surface area contributed by atoms with Crippen LogP contribution in [-0.2, 0) is 10.3 Å². The van der Waals surface area contributed by atoms with E-state index in [4.69, 9.17) is 9.26 Å². The summed E-state index contributed by atoms with van der Waals surface area (Å²) in [4.78, 5) is 4.91. The summed E-state index contributed by atoms with van der Waals surface area (Å²) in [5, 5.41) is 15.4. The van der Waals surface area contributed by atoms with Crippen molar-refractivity contribution in [3.05, 3.63) is 17.3 Å². The molecule has 18 heavy (non-hydrogen) atoms. The summed E-state index contributed by atoms with van der Waals surface area (Å²) in [6, 6.07) is 1.60. The highest BCUT2D eigenvalue weighted by Crippen LogP contribution is 2.35. The maximum atomic E-state index is 9.63. The first-order valence-corrected chi connectivity index (χ1v) is 6.73. The van der Waals surface area contributed by atoms with Crippen LogP contribution in [0.15, 0.2) is 16.0 Å². The molecule has 0 saturated heterocycles. The molecule has 0 bridgehead atoms. The van der Waals surface area contributed by atoms with E-state index in [0.29, 0.717) is 23.2 Å². The van der Waals surface area contributed by atoms with Crippen LogP contribution in [0.3, 0.4) is 0 Å². The zero-order valence-corrected chi connectivity index (χ0v) is 11.5. The average Bonchev–Trinajstić information content (AvgIpc) is 2.97. The lowest BCUT2D eigenvalue weighted by Crippen LogP contribution is -2.26. The third-order valence-electron chi connectivity index (χ3n) is 2.88. The first kappa shape index (κ1) is 13.0. The molecule has 1 atom stereocenters. The van der Waals surface area contributed by atoms with E-state index in [1.165, 1.54) is 11.3 Å². The number of hydrogen-bond acceptors (Lipinski definition) is 6. The highest BCUT2D eigenvalue weighted by atomic mass is 32.1. The van der Waals surface area contributed by atoms with Crippen molar-refractivity contribution < 1.29 is 14.4 Å². The van der Waals surface area contributed by atoms with Crippen molar-refractivity contribution in [3.8, 4) is 16.5 Å². The van der Waals surface area contributed by atoms with Crippen LogP contribution in [0, 0.1) is 0 Å². The molecule has 1 N–H and O–H groups in total. The summed E-state index contributed by atoms with van der Waals surface area (Å²) in [5.74, 6) is 0.997. The fraction of sp³-hybridized carbons (Fsp3) is 0.500. The zero-order valence-electron chi connectivity index (χ0n) is 10.6. The second-order valence-corrected chi connectivity index (χ2v) is 4.99. The van der Waals surface area contributed by atoms with E-state index >= 15 is 0 Å². The van der Waals surface area contributed by atoms with Gasteiger partial charge in [0.2, 0.25) is 5.82 Å². The van der Waals surface area contributed by atoms with Gasteiger partial charge in [-0.3, -0.25) is 0 Å². The topological polar surface area (TPSA) is 68.4 Å². The number of ether oxygens (including phenoxy) is 1. The molecular weight excluding hydrogens is 252 g/mol. The fourth-order valence-electron chi connectivity index (χ4n) is 1.64. The van der Waals surface area contributed by atoms with Crippen molar-refractivity contribution in [2.24, 2.45) is 0 Å². The lowest BCUT2D eigenvalue weighted by molar-refractivity contribution is -0.0403. The molecule has 0 aliphatic rings. The van der Waals surface area contributed by atoms with E-state index in [1.54, 1.807) is 11.4 Å². The van der Waals surface area contributed by atoms with E-state index in [9.17, 15) is 5.11 Å². The predicted octanol–water partition coefficient (Wildman–Crippen LogP) is 3.17. The smallest absolute Gasteiger partial charge is 0.271 e. The number of aromatic nitrogens is 2. The highest BCUT2D eigenvalue weighted by molar-refractivity contribution is 7.13. The van der Waals surface area contributed by atoms with Crippen molar-refractivity contribution in [2.45, 2.75) is 32.8 Å². The van der Waals surface area contributed by atoms with Crippen molar-refractivity contribution in [3.63, 3.8) is 0 Å². The Labute approximate surface area is 109 Å². The zero-order chi connectivity index (χ0) is 13.2. The lowest BCUT2D eigenvalue weighted by atomic mass is 10.0. The molecule has 98 valence electrons. The number of rotatable bonds is 5. The predicted molar refractivity (Wildman–Crippen MR) is 68.5 cm³/mol. The van der Waals surface area contributed by atoms with Crippen LogP contribution >= 0.6 is 11.3 Å². The van der Waals surface area contributed by atoms with Crippen molar-refractivity contribution in [1.82, 2.24) is 10.1 Å². The van der Waals surface area contributed by atoms with Gasteiger partial charge in [0.15, 0.2) is 0 Å². The SMILES string of the molecule is CCOC(C)(CC)c1noc(-c2sccc2O)n1. The first-order valence-electron chi connectivity index (χ1n) is 5.85. The minimum Gasteiger partial charge on any atom is -0.506 e. The molecule has 2 heterocycles. The van der Waals surface area contributed by atoms with Gasteiger partial charge in [-0.15, -0.1) is 11.3 Å². The second kappa shape index (κ2) is 5.07. The minimum absolute atomic E-state index is 0.157. The molecule has 0 radical (unpaired) electrons. The second-order valence-electron chi connectivity index (χ2n) is 4.08. The van der Waals surface area contributed by atoms with E-state index in [0.717, 1.165) is 6.42 Å². The quantitative estimate of drug-likeness (QED) is 0.902. The Kier molecular flexibility index (Phi) is 3.68. The van der Waals surface area contributed by atoms with Crippen LogP contribution in [0.4, 0.5) is 0 Å². The molecular formula is C12H16N2O3S. The molecule has 2 aromatic heterocycles. The monoisotopic (exact) mass is 268 g/mol. The largest absolute Gasteiger partial charge is 0.506 e. The van der Waals surface area contributed by atoms with Gasteiger partial charge in [0, 0.05) is 6.61 Å². The van der Waals surface area contributed by atoms with Crippen LogP contribution in [0.1, 0.15) is 33.0 Å². The summed E-state index contributed by atoms with van der Waals surface area (Å²) in [5.41, 5.74) is -0.552. The molecule has 0 spiro atoms. The third-order valence-corrected chi connectivity index (χ3v) is 3.77. The molecule has 0 aromatic carbocycles. The number of aromatic hydroxyl groups is 1. The molecule has 0 saturated carbocycles. The molecule has 6 heteroatoms. The third kappa shape index (κ3) is 2.26. The normalized spacial score (nSPS) is 14.6. The summed E-state index contributed by atoms with van der Waals surface area (Å²) in [6.45, 7) is 6.45. The molecule has 2 aromatic rings. The van der Waals surface area contributed by atoms with Gasteiger partial charge in [0.25, 0.3) is 5.89 Å². The van der Waals surface area contributed by atoms with Gasteiger partial charge in [-0.05, 0) is 31.7 Å². The Bertz CT molecular complexity index is 523. The molecule has 2 rings (SSSR count). The van der Waals surface area contributed by atoms with Crippen molar-refractivity contribution in [1.29, 1.82) is 0 Å². The molecule has 0 aliphatic carbocycles. The van der Waals surface area contributed by atoms with Gasteiger partial charge in [-0.1, -0.05) is 12.1 Å². The van der Waals surface area contributed by atoms with Crippen LogP contribution in [0.5, 0.6) is 5.75 Å². The molecule has 0 aliphatic heterocycles. The van der Waals surface area contributed by atoms with Crippen LogP contribution < -0.4 is 0 Å². The maximum absolute atomic E-state index is 9.63. The summed E-state index contributed by atoms with van der Waals surface area (Å²) in [7, 11) is 0. The fourth-order valence-corrected chi connectivity index (χ4v) is 2.34. The number of nitrogens with zero attached hydrogens (tertiary/aromatic N) is 2. The standard InChI is InChI=1S/C12H16N2O3S/c1-4-12(3,16-5-2)11-13-10(17-14-11)9-8(15)6-7-18-9/h6-7,15H,4-5H2,1-3H3. The Balaban J connectivity index is 2.33. The highest BCUT2D eigenvalue weighted by Gasteiger charge is 2.31. The van der Waals surface area contributed by atoms with Gasteiger partial charge in [0.1, 0.15) is 16.2 Å². The van der Waals surface area contributed by atoms with Crippen molar-refractivity contribution >= 4 is 11.3 Å². The molecule has 1 unspecified atom stereocenters. The average molecular weight is 268 g/mol. The van der Waals surface area contributed by atoms with Gasteiger partial charge in [-0.25, -0.2) is 0 Å². The van der Waals surface area contributed by atoms with Crippen LogP contribution in [0.25, 0.3) is 10.8 Å². The Morgan fingerprint density at radius 3 is 2.83 bits per heavy atom. The summed E-state index contributed by atoms with van der Waals surface area (Å²) < 4.78 is 10.9. The van der Waals surface area contributed by atoms with E-state index < -0.39 is 5.60 Å². The Morgan fingerprint density at radius 1 is 1.50 bits per heavy atom. The van der Waals surface area contributed by atoms with Crippen LogP contribution in [0.2, 0.25) is 0 Å². The lowest BCUT2D eigenvalue weighted by Gasteiger charge is -2.23. The minimum atomic E-state index is -0.552. The van der Waals surface area contributed by atoms with E-state index in [-0.39, 0.29) is 5.75 Å². The van der Waals surface area contributed by atoms with Crippen molar-refractivity contribution in [2.75, 3.05) is 6.61 Å². The van der Waals surface area contributed by atoms with Gasteiger partial charge >= 0.3 is 0 Å². The molecule has 0 fully saturated rings. The Hall–Kier alpha value is -1.40. The maximum Gasteiger partial charge on any atom is 0.271 e. The summed E-state index contributed by atoms with van der Waals surface area (Å²) in [6.07, 6.45) is 0.746. The van der Waals surface area contributed by atoms with E-state index in [2.05, 4.69) is 10.1 Å². The summed E-state index contributed by atoms with van der Waals surface area (Å²) >= 11 is 1.36. The molecule has 5 nitrogen and oxygen atoms in total. The first-order chi connectivity index (χ1) is 8.60. The Morgan fingerprint density at radius 2 is 2.28 bits per heavy atom. The van der Waals surface area contributed by atoms with Gasteiger partial charge in [0.05, 0.1) is 0 Å².